The number of pyridine rings is 1. The highest BCUT2D eigenvalue weighted by molar-refractivity contribution is 5.97. The van der Waals surface area contributed by atoms with Gasteiger partial charge >= 0.3 is 0 Å². The van der Waals surface area contributed by atoms with Gasteiger partial charge in [0.2, 0.25) is 11.8 Å². The third-order valence-corrected chi connectivity index (χ3v) is 5.47. The van der Waals surface area contributed by atoms with Gasteiger partial charge < -0.3 is 14.5 Å². The Kier molecular flexibility index (Phi) is 4.79. The maximum absolute atomic E-state index is 13.1. The highest BCUT2D eigenvalue weighted by Crippen LogP contribution is 2.31. The molecule has 3 aliphatic heterocycles. The first-order valence-electron chi connectivity index (χ1n) is 9.30. The van der Waals surface area contributed by atoms with Crippen molar-refractivity contribution in [3.05, 3.63) is 59.8 Å². The van der Waals surface area contributed by atoms with Gasteiger partial charge in [-0.2, -0.15) is 0 Å². The summed E-state index contributed by atoms with van der Waals surface area (Å²) in [7, 11) is 1.51. The Hall–Kier alpha value is -2.89. The molecule has 1 aromatic carbocycles. The number of hydrogen-bond acceptors (Lipinski definition) is 4. The largest absolute Gasteiger partial charge is 0.480 e. The summed E-state index contributed by atoms with van der Waals surface area (Å²) >= 11 is 0. The monoisotopic (exact) mass is 365 g/mol. The zero-order chi connectivity index (χ0) is 18.8. The first kappa shape index (κ1) is 17.5. The van der Waals surface area contributed by atoms with Crippen LogP contribution in [0, 0.1) is 5.92 Å². The Bertz CT molecular complexity index is 840. The molecule has 0 unspecified atom stereocenters. The van der Waals surface area contributed by atoms with Crippen molar-refractivity contribution in [3.8, 4) is 5.88 Å². The number of carbonyl (C=O) groups is 2. The van der Waals surface area contributed by atoms with Gasteiger partial charge in [0.15, 0.2) is 0 Å². The average molecular weight is 365 g/mol. The van der Waals surface area contributed by atoms with E-state index in [-0.39, 0.29) is 23.8 Å². The number of piperidine rings is 1. The lowest BCUT2D eigenvalue weighted by Gasteiger charge is -2.36. The lowest BCUT2D eigenvalue weighted by molar-refractivity contribution is -0.140. The topological polar surface area (TPSA) is 62.7 Å². The van der Waals surface area contributed by atoms with Crippen LogP contribution in [0.1, 0.15) is 28.8 Å². The molecular weight excluding hydrogens is 342 g/mol. The molecule has 0 saturated carbocycles. The number of ether oxygens (including phenoxy) is 1. The van der Waals surface area contributed by atoms with Gasteiger partial charge in [0.25, 0.3) is 5.91 Å². The van der Waals surface area contributed by atoms with Gasteiger partial charge in [0.05, 0.1) is 13.0 Å². The van der Waals surface area contributed by atoms with Crippen LogP contribution >= 0.6 is 0 Å². The zero-order valence-corrected chi connectivity index (χ0v) is 15.4. The maximum Gasteiger partial charge on any atom is 0.259 e. The van der Waals surface area contributed by atoms with Crippen LogP contribution < -0.4 is 4.74 Å². The van der Waals surface area contributed by atoms with Crippen LogP contribution in [0.15, 0.2) is 48.7 Å². The lowest BCUT2D eigenvalue weighted by Crippen LogP contribution is -2.47. The summed E-state index contributed by atoms with van der Waals surface area (Å²) in [6.07, 6.45) is 3.37. The van der Waals surface area contributed by atoms with E-state index in [1.807, 2.05) is 35.2 Å². The number of aromatic nitrogens is 1. The Morgan fingerprint density at radius 2 is 1.96 bits per heavy atom. The Morgan fingerprint density at radius 3 is 2.74 bits per heavy atom. The minimum atomic E-state index is -0.140. The Morgan fingerprint density at radius 1 is 1.15 bits per heavy atom. The van der Waals surface area contributed by atoms with Gasteiger partial charge in [-0.1, -0.05) is 30.3 Å². The summed E-state index contributed by atoms with van der Waals surface area (Å²) in [6.45, 7) is 1.60. The van der Waals surface area contributed by atoms with Crippen molar-refractivity contribution in [2.45, 2.75) is 25.4 Å². The minimum absolute atomic E-state index is 0.0445. The molecule has 0 radical (unpaired) electrons. The second-order valence-corrected chi connectivity index (χ2v) is 7.15. The summed E-state index contributed by atoms with van der Waals surface area (Å²) in [4.78, 5) is 34.0. The zero-order valence-electron chi connectivity index (χ0n) is 15.4. The van der Waals surface area contributed by atoms with E-state index in [9.17, 15) is 9.59 Å². The highest BCUT2D eigenvalue weighted by Gasteiger charge is 2.42. The second kappa shape index (κ2) is 7.39. The fourth-order valence-corrected chi connectivity index (χ4v) is 4.08. The minimum Gasteiger partial charge on any atom is -0.480 e. The van der Waals surface area contributed by atoms with E-state index in [2.05, 4.69) is 4.98 Å². The summed E-state index contributed by atoms with van der Waals surface area (Å²) in [6, 6.07) is 13.5. The fraction of sp³-hybridized carbons (Fsp3) is 0.381. The standard InChI is InChI=1S/C21H23N3O3/c1-27-19-18(8-5-11-22-19)21(26)23-13-16-9-10-17(14-23)24(20(16)25)12-15-6-3-2-4-7-15/h2-8,11,16-17H,9-10,12-14H2,1H3/t16-,17+/m1/s1. The molecule has 4 heterocycles. The number of rotatable bonds is 4. The van der Waals surface area contributed by atoms with Gasteiger partial charge in [0.1, 0.15) is 5.56 Å². The highest BCUT2D eigenvalue weighted by atomic mass is 16.5. The predicted octanol–water partition coefficient (Wildman–Crippen LogP) is 2.35. The van der Waals surface area contributed by atoms with Crippen LogP contribution in [0.5, 0.6) is 5.88 Å². The van der Waals surface area contributed by atoms with Crippen molar-refractivity contribution in [2.75, 3.05) is 20.2 Å². The molecule has 2 bridgehead atoms. The average Bonchev–Trinajstić information content (AvgIpc) is 3.00. The van der Waals surface area contributed by atoms with Crippen LogP contribution in [-0.2, 0) is 11.3 Å². The van der Waals surface area contributed by atoms with E-state index in [0.29, 0.717) is 31.1 Å². The van der Waals surface area contributed by atoms with Gasteiger partial charge in [-0.3, -0.25) is 9.59 Å². The summed E-state index contributed by atoms with van der Waals surface area (Å²) in [5.41, 5.74) is 1.56. The molecule has 6 heteroatoms. The quantitative estimate of drug-likeness (QED) is 0.834. The smallest absolute Gasteiger partial charge is 0.259 e. The van der Waals surface area contributed by atoms with Crippen molar-refractivity contribution in [1.29, 1.82) is 0 Å². The summed E-state index contributed by atoms with van der Waals surface area (Å²) in [5.74, 6) is 0.223. The number of methoxy groups -OCH3 is 1. The number of nitrogens with zero attached hydrogens (tertiary/aromatic N) is 3. The molecule has 3 aliphatic rings. The van der Waals surface area contributed by atoms with E-state index in [1.54, 1.807) is 23.2 Å². The molecule has 27 heavy (non-hydrogen) atoms. The van der Waals surface area contributed by atoms with Gasteiger partial charge in [-0.25, -0.2) is 4.98 Å². The van der Waals surface area contributed by atoms with Crippen molar-refractivity contribution in [1.82, 2.24) is 14.8 Å². The third kappa shape index (κ3) is 3.39. The number of fused-ring (bicyclic) bond motifs is 4. The number of amides is 2. The predicted molar refractivity (Wildman–Crippen MR) is 100 cm³/mol. The SMILES string of the molecule is COc1ncccc1C(=O)N1C[C@H]2CC[C@@H](C1)N(Cc1ccccc1)C2=O. The van der Waals surface area contributed by atoms with Crippen molar-refractivity contribution in [3.63, 3.8) is 0 Å². The van der Waals surface area contributed by atoms with E-state index < -0.39 is 0 Å². The Labute approximate surface area is 158 Å². The number of benzene rings is 1. The molecule has 0 N–H and O–H groups in total. The van der Waals surface area contributed by atoms with Crippen LogP contribution in [-0.4, -0.2) is 52.8 Å². The van der Waals surface area contributed by atoms with Gasteiger partial charge in [-0.05, 0) is 30.5 Å². The van der Waals surface area contributed by atoms with Gasteiger partial charge in [0, 0.05) is 31.9 Å². The van der Waals surface area contributed by atoms with E-state index in [4.69, 9.17) is 4.74 Å². The van der Waals surface area contributed by atoms with Crippen LogP contribution in [0.2, 0.25) is 0 Å². The molecule has 2 amide bonds. The van der Waals surface area contributed by atoms with Crippen molar-refractivity contribution >= 4 is 11.8 Å². The number of carbonyl (C=O) groups excluding carboxylic acids is 2. The molecule has 2 aromatic rings. The van der Waals surface area contributed by atoms with Crippen molar-refractivity contribution < 1.29 is 14.3 Å². The normalized spacial score (nSPS) is 21.9. The molecule has 3 saturated heterocycles. The molecule has 3 fully saturated rings. The van der Waals surface area contributed by atoms with E-state index in [1.165, 1.54) is 7.11 Å². The molecule has 2 atom stereocenters. The number of hydrogen-bond donors (Lipinski definition) is 0. The van der Waals surface area contributed by atoms with E-state index >= 15 is 0 Å². The first-order valence-corrected chi connectivity index (χ1v) is 9.30. The fourth-order valence-electron chi connectivity index (χ4n) is 4.08. The van der Waals surface area contributed by atoms with Gasteiger partial charge in [-0.15, -0.1) is 0 Å². The molecule has 140 valence electrons. The van der Waals surface area contributed by atoms with Crippen LogP contribution in [0.4, 0.5) is 0 Å². The van der Waals surface area contributed by atoms with Crippen molar-refractivity contribution in [2.24, 2.45) is 5.92 Å². The Balaban J connectivity index is 1.57. The summed E-state index contributed by atoms with van der Waals surface area (Å²) < 4.78 is 5.24. The molecule has 1 aromatic heterocycles. The third-order valence-electron chi connectivity index (χ3n) is 5.47. The maximum atomic E-state index is 13.1. The van der Waals surface area contributed by atoms with Crippen LogP contribution in [0.25, 0.3) is 0 Å². The lowest BCUT2D eigenvalue weighted by atomic mass is 9.93. The molecule has 0 aliphatic carbocycles. The molecule has 6 nitrogen and oxygen atoms in total. The first-order chi connectivity index (χ1) is 13.2. The second-order valence-electron chi connectivity index (χ2n) is 7.15. The summed E-state index contributed by atoms with van der Waals surface area (Å²) in [5, 5.41) is 0. The van der Waals surface area contributed by atoms with Crippen LogP contribution in [0.3, 0.4) is 0 Å². The molecule has 0 spiro atoms. The molecular formula is C21H23N3O3. The molecule has 5 rings (SSSR count). The van der Waals surface area contributed by atoms with E-state index in [0.717, 1.165) is 18.4 Å².